The lowest BCUT2D eigenvalue weighted by atomic mass is 10.2. The van der Waals surface area contributed by atoms with Crippen molar-refractivity contribution in [1.29, 1.82) is 0 Å². The molecule has 0 bridgehead atoms. The second kappa shape index (κ2) is 3.58. The van der Waals surface area contributed by atoms with Crippen molar-refractivity contribution in [2.24, 2.45) is 0 Å². The molecule has 1 atom stereocenters. The Hall–Kier alpha value is 0.240. The minimum absolute atomic E-state index is 0.450. The van der Waals surface area contributed by atoms with Gasteiger partial charge in [0.2, 0.25) is 0 Å². The third-order valence-corrected chi connectivity index (χ3v) is 2.69. The molecule has 0 aliphatic heterocycles. The van der Waals surface area contributed by atoms with Crippen molar-refractivity contribution < 1.29 is 4.42 Å². The van der Waals surface area contributed by atoms with Gasteiger partial charge in [-0.3, -0.25) is 0 Å². The van der Waals surface area contributed by atoms with Crippen molar-refractivity contribution in [2.45, 2.75) is 12.8 Å². The molecule has 0 radical (unpaired) electrons. The van der Waals surface area contributed by atoms with Crippen LogP contribution in [-0.4, -0.2) is 5.33 Å². The molecular weight excluding hydrogens is 260 g/mol. The Kier molecular flexibility index (Phi) is 2.98. The molecular formula is C7H8Br2O. The smallest absolute Gasteiger partial charge is 0.108 e. The van der Waals surface area contributed by atoms with E-state index in [9.17, 15) is 0 Å². The number of furan rings is 1. The summed E-state index contributed by atoms with van der Waals surface area (Å²) in [7, 11) is 0. The number of hydrogen-bond acceptors (Lipinski definition) is 1. The Morgan fingerprint density at radius 3 is 2.80 bits per heavy atom. The van der Waals surface area contributed by atoms with E-state index in [1.165, 1.54) is 0 Å². The fraction of sp³-hybridized carbons (Fsp3) is 0.429. The van der Waals surface area contributed by atoms with E-state index in [-0.39, 0.29) is 0 Å². The van der Waals surface area contributed by atoms with Gasteiger partial charge in [0.05, 0.1) is 4.47 Å². The molecule has 0 aromatic carbocycles. The molecule has 10 heavy (non-hydrogen) atoms. The van der Waals surface area contributed by atoms with Crippen molar-refractivity contribution in [1.82, 2.24) is 0 Å². The zero-order valence-corrected chi connectivity index (χ0v) is 8.78. The topological polar surface area (TPSA) is 13.1 Å². The predicted molar refractivity (Wildman–Crippen MR) is 48.6 cm³/mol. The largest absolute Gasteiger partial charge is 0.468 e. The molecule has 1 heterocycles. The summed E-state index contributed by atoms with van der Waals surface area (Å²) in [5.41, 5.74) is 0. The third-order valence-electron chi connectivity index (χ3n) is 1.30. The van der Waals surface area contributed by atoms with E-state index >= 15 is 0 Å². The van der Waals surface area contributed by atoms with Crippen LogP contribution in [0.5, 0.6) is 0 Å². The van der Waals surface area contributed by atoms with E-state index in [1.807, 2.05) is 6.07 Å². The Morgan fingerprint density at radius 2 is 2.40 bits per heavy atom. The molecule has 0 saturated heterocycles. The molecule has 1 aromatic rings. The molecule has 0 spiro atoms. The minimum atomic E-state index is 0.450. The highest BCUT2D eigenvalue weighted by molar-refractivity contribution is 9.10. The summed E-state index contributed by atoms with van der Waals surface area (Å²) in [6, 6.07) is 1.99. The first kappa shape index (κ1) is 8.34. The number of alkyl halides is 1. The lowest BCUT2D eigenvalue weighted by molar-refractivity contribution is 0.489. The van der Waals surface area contributed by atoms with Crippen LogP contribution in [0.4, 0.5) is 0 Å². The SMILES string of the molecule is CC(CBr)c1cc(Br)co1. The highest BCUT2D eigenvalue weighted by Crippen LogP contribution is 2.22. The van der Waals surface area contributed by atoms with Crippen LogP contribution in [0.3, 0.4) is 0 Å². The van der Waals surface area contributed by atoms with Crippen molar-refractivity contribution in [3.05, 3.63) is 22.6 Å². The Labute approximate surface area is 77.1 Å². The van der Waals surface area contributed by atoms with Crippen molar-refractivity contribution in [2.75, 3.05) is 5.33 Å². The first-order valence-corrected chi connectivity index (χ1v) is 4.95. The van der Waals surface area contributed by atoms with Gasteiger partial charge >= 0.3 is 0 Å². The molecule has 0 aliphatic rings. The average molecular weight is 268 g/mol. The molecule has 0 amide bonds. The second-order valence-electron chi connectivity index (χ2n) is 2.22. The third kappa shape index (κ3) is 1.86. The summed E-state index contributed by atoms with van der Waals surface area (Å²) in [6.07, 6.45) is 1.70. The summed E-state index contributed by atoms with van der Waals surface area (Å²) in [5, 5.41) is 0.937. The summed E-state index contributed by atoms with van der Waals surface area (Å²) in [4.78, 5) is 0. The minimum Gasteiger partial charge on any atom is -0.468 e. The van der Waals surface area contributed by atoms with Crippen LogP contribution in [0.15, 0.2) is 21.2 Å². The number of hydrogen-bond donors (Lipinski definition) is 0. The molecule has 1 aromatic heterocycles. The van der Waals surface area contributed by atoms with Crippen molar-refractivity contribution in [3.8, 4) is 0 Å². The fourth-order valence-electron chi connectivity index (χ4n) is 0.663. The summed E-state index contributed by atoms with van der Waals surface area (Å²) in [6.45, 7) is 2.11. The normalized spacial score (nSPS) is 13.5. The van der Waals surface area contributed by atoms with Gasteiger partial charge < -0.3 is 4.42 Å². The molecule has 0 saturated carbocycles. The molecule has 0 N–H and O–H groups in total. The van der Waals surface area contributed by atoms with Gasteiger partial charge in [-0.2, -0.15) is 0 Å². The summed E-state index contributed by atoms with van der Waals surface area (Å²) in [5.74, 6) is 1.47. The summed E-state index contributed by atoms with van der Waals surface area (Å²) >= 11 is 6.71. The fourth-order valence-corrected chi connectivity index (χ4v) is 1.30. The predicted octanol–water partition coefficient (Wildman–Crippen LogP) is 3.54. The van der Waals surface area contributed by atoms with E-state index in [1.54, 1.807) is 6.26 Å². The molecule has 0 fully saturated rings. The van der Waals surface area contributed by atoms with Crippen LogP contribution in [0, 0.1) is 0 Å². The van der Waals surface area contributed by atoms with Crippen LogP contribution in [0.1, 0.15) is 18.6 Å². The van der Waals surface area contributed by atoms with Gasteiger partial charge in [0.25, 0.3) is 0 Å². The lowest BCUT2D eigenvalue weighted by Crippen LogP contribution is -1.90. The van der Waals surface area contributed by atoms with E-state index in [2.05, 4.69) is 38.8 Å². The standard InChI is InChI=1S/C7H8Br2O/c1-5(3-8)7-2-6(9)4-10-7/h2,4-5H,3H2,1H3. The molecule has 56 valence electrons. The molecule has 3 heteroatoms. The van der Waals surface area contributed by atoms with Crippen LogP contribution in [0.25, 0.3) is 0 Å². The molecule has 0 aliphatic carbocycles. The van der Waals surface area contributed by atoms with Gasteiger partial charge in [-0.15, -0.1) is 0 Å². The number of halogens is 2. The van der Waals surface area contributed by atoms with Gasteiger partial charge in [-0.05, 0) is 22.0 Å². The van der Waals surface area contributed by atoms with Crippen LogP contribution >= 0.6 is 31.9 Å². The average Bonchev–Trinajstić information content (AvgIpc) is 2.34. The Bertz CT molecular complexity index is 207. The first-order chi connectivity index (χ1) is 4.74. The maximum atomic E-state index is 5.24. The molecule has 1 rings (SSSR count). The molecule has 1 nitrogen and oxygen atoms in total. The van der Waals surface area contributed by atoms with Gasteiger partial charge in [0.15, 0.2) is 0 Å². The van der Waals surface area contributed by atoms with Gasteiger partial charge in [0, 0.05) is 11.2 Å². The Balaban J connectivity index is 2.74. The van der Waals surface area contributed by atoms with Gasteiger partial charge in [0.1, 0.15) is 12.0 Å². The maximum absolute atomic E-state index is 5.24. The van der Waals surface area contributed by atoms with Crippen molar-refractivity contribution in [3.63, 3.8) is 0 Å². The van der Waals surface area contributed by atoms with Crippen LogP contribution in [0.2, 0.25) is 0 Å². The highest BCUT2D eigenvalue weighted by Gasteiger charge is 2.06. The quantitative estimate of drug-likeness (QED) is 0.747. The van der Waals surface area contributed by atoms with Crippen LogP contribution < -0.4 is 0 Å². The number of rotatable bonds is 2. The lowest BCUT2D eigenvalue weighted by Gasteiger charge is -2.00. The molecule has 1 unspecified atom stereocenters. The highest BCUT2D eigenvalue weighted by atomic mass is 79.9. The van der Waals surface area contributed by atoms with E-state index in [0.717, 1.165) is 15.6 Å². The van der Waals surface area contributed by atoms with Gasteiger partial charge in [-0.25, -0.2) is 0 Å². The zero-order valence-electron chi connectivity index (χ0n) is 5.60. The van der Waals surface area contributed by atoms with E-state index in [4.69, 9.17) is 4.42 Å². The summed E-state index contributed by atoms with van der Waals surface area (Å²) < 4.78 is 6.25. The maximum Gasteiger partial charge on any atom is 0.108 e. The van der Waals surface area contributed by atoms with Gasteiger partial charge in [-0.1, -0.05) is 22.9 Å². The monoisotopic (exact) mass is 266 g/mol. The van der Waals surface area contributed by atoms with Crippen molar-refractivity contribution >= 4 is 31.9 Å². The zero-order chi connectivity index (χ0) is 7.56. The van der Waals surface area contributed by atoms with Crippen LogP contribution in [-0.2, 0) is 0 Å². The second-order valence-corrected chi connectivity index (χ2v) is 3.79. The van der Waals surface area contributed by atoms with E-state index < -0.39 is 0 Å². The first-order valence-electron chi connectivity index (χ1n) is 3.04. The van der Waals surface area contributed by atoms with E-state index in [0.29, 0.717) is 5.92 Å². The Morgan fingerprint density at radius 1 is 1.70 bits per heavy atom.